The third-order valence-corrected chi connectivity index (χ3v) is 6.01. The molecule has 0 spiro atoms. The molecule has 2 aromatic rings. The van der Waals surface area contributed by atoms with Crippen molar-refractivity contribution < 1.29 is 17.6 Å². The van der Waals surface area contributed by atoms with Gasteiger partial charge < -0.3 is 9.73 Å². The Balaban J connectivity index is 1.67. The van der Waals surface area contributed by atoms with Crippen LogP contribution < -0.4 is 10.0 Å². The lowest BCUT2D eigenvalue weighted by Crippen LogP contribution is -2.34. The smallest absolute Gasteiger partial charge is 0.251 e. The van der Waals surface area contributed by atoms with Gasteiger partial charge in [0.1, 0.15) is 5.76 Å². The topological polar surface area (TPSA) is 88.4 Å². The van der Waals surface area contributed by atoms with Crippen molar-refractivity contribution in [1.29, 1.82) is 0 Å². The van der Waals surface area contributed by atoms with E-state index in [0.717, 1.165) is 25.7 Å². The number of carbonyl (C=O) groups excluding carboxylic acids is 1. The lowest BCUT2D eigenvalue weighted by atomic mass is 10.1. The van der Waals surface area contributed by atoms with Crippen LogP contribution in [0.1, 0.15) is 54.6 Å². The minimum absolute atomic E-state index is 0.0633. The van der Waals surface area contributed by atoms with E-state index >= 15 is 0 Å². The van der Waals surface area contributed by atoms with Crippen LogP contribution in [-0.4, -0.2) is 20.4 Å². The molecule has 1 aromatic carbocycles. The van der Waals surface area contributed by atoms with Gasteiger partial charge in [-0.15, -0.1) is 0 Å². The van der Waals surface area contributed by atoms with Crippen molar-refractivity contribution in [1.82, 2.24) is 10.0 Å². The van der Waals surface area contributed by atoms with E-state index in [1.54, 1.807) is 24.3 Å². The molecule has 1 aromatic heterocycles. The molecule has 1 fully saturated rings. The molecule has 0 unspecified atom stereocenters. The summed E-state index contributed by atoms with van der Waals surface area (Å²) in [5.41, 5.74) is 0.357. The first-order valence-corrected chi connectivity index (χ1v) is 10.5. The van der Waals surface area contributed by atoms with Crippen LogP contribution >= 0.6 is 0 Å². The molecule has 0 saturated heterocycles. The first-order chi connectivity index (χ1) is 12.5. The molecule has 2 N–H and O–H groups in total. The normalized spacial score (nSPS) is 16.2. The van der Waals surface area contributed by atoms with Crippen LogP contribution in [0.3, 0.4) is 0 Å². The summed E-state index contributed by atoms with van der Waals surface area (Å²) in [6.07, 6.45) is 8.11. The number of furan rings is 1. The molecule has 1 aliphatic carbocycles. The van der Waals surface area contributed by atoms with Gasteiger partial charge in [-0.25, -0.2) is 13.1 Å². The highest BCUT2D eigenvalue weighted by molar-refractivity contribution is 7.89. The number of benzene rings is 1. The molecule has 0 aliphatic heterocycles. The Labute approximate surface area is 154 Å². The van der Waals surface area contributed by atoms with Gasteiger partial charge in [-0.2, -0.15) is 0 Å². The molecule has 1 heterocycles. The Hall–Kier alpha value is -2.12. The fourth-order valence-corrected chi connectivity index (χ4v) is 4.20. The number of carbonyl (C=O) groups is 1. The summed E-state index contributed by atoms with van der Waals surface area (Å²) in [7, 11) is -3.72. The molecule has 1 amide bonds. The van der Waals surface area contributed by atoms with Crippen LogP contribution in [0.4, 0.5) is 0 Å². The van der Waals surface area contributed by atoms with Crippen LogP contribution in [0.25, 0.3) is 0 Å². The number of rotatable bonds is 6. The zero-order valence-corrected chi connectivity index (χ0v) is 15.4. The monoisotopic (exact) mass is 376 g/mol. The Kier molecular flexibility index (Phi) is 6.11. The van der Waals surface area contributed by atoms with Gasteiger partial charge in [0.2, 0.25) is 10.0 Å². The summed E-state index contributed by atoms with van der Waals surface area (Å²) in [4.78, 5) is 12.6. The Bertz CT molecular complexity index is 823. The van der Waals surface area contributed by atoms with Crippen molar-refractivity contribution in [3.63, 3.8) is 0 Å². The second-order valence-electron chi connectivity index (χ2n) is 6.59. The Morgan fingerprint density at radius 3 is 2.54 bits per heavy atom. The summed E-state index contributed by atoms with van der Waals surface area (Å²) in [6, 6.07) is 9.67. The molecule has 26 heavy (non-hydrogen) atoms. The zero-order valence-electron chi connectivity index (χ0n) is 14.6. The predicted molar refractivity (Wildman–Crippen MR) is 98.1 cm³/mol. The third-order valence-electron chi connectivity index (χ3n) is 4.61. The van der Waals surface area contributed by atoms with Gasteiger partial charge in [0.05, 0.1) is 17.7 Å². The van der Waals surface area contributed by atoms with E-state index in [2.05, 4.69) is 10.0 Å². The second-order valence-corrected chi connectivity index (χ2v) is 8.36. The lowest BCUT2D eigenvalue weighted by Gasteiger charge is -2.16. The summed E-state index contributed by atoms with van der Waals surface area (Å²) < 4.78 is 32.5. The van der Waals surface area contributed by atoms with Gasteiger partial charge >= 0.3 is 0 Å². The van der Waals surface area contributed by atoms with Gasteiger partial charge in [0.15, 0.2) is 0 Å². The molecule has 0 radical (unpaired) electrons. The van der Waals surface area contributed by atoms with Gasteiger partial charge in [0.25, 0.3) is 5.91 Å². The molecule has 3 rings (SSSR count). The van der Waals surface area contributed by atoms with Gasteiger partial charge in [-0.3, -0.25) is 4.79 Å². The van der Waals surface area contributed by atoms with E-state index in [-0.39, 0.29) is 23.4 Å². The van der Waals surface area contributed by atoms with E-state index in [1.165, 1.54) is 31.2 Å². The Morgan fingerprint density at radius 1 is 1.08 bits per heavy atom. The number of nitrogens with one attached hydrogen (secondary N) is 2. The molecule has 0 atom stereocenters. The standard InChI is InChI=1S/C19H24N2O4S/c22-19(21-16-8-3-1-2-4-9-16)15-7-5-11-18(13-15)26(23,24)20-14-17-10-6-12-25-17/h5-7,10-13,16,20H,1-4,8-9,14H2,(H,21,22). The minimum Gasteiger partial charge on any atom is -0.468 e. The molecule has 0 bridgehead atoms. The number of sulfonamides is 1. The van der Waals surface area contributed by atoms with Crippen LogP contribution in [0.5, 0.6) is 0 Å². The summed E-state index contributed by atoms with van der Waals surface area (Å²) in [5.74, 6) is 0.302. The van der Waals surface area contributed by atoms with Crippen molar-refractivity contribution >= 4 is 15.9 Å². The maximum atomic E-state index is 12.5. The second kappa shape index (κ2) is 8.51. The first kappa shape index (κ1) is 18.7. The predicted octanol–water partition coefficient (Wildman–Crippen LogP) is 3.21. The van der Waals surface area contributed by atoms with E-state index in [1.807, 2.05) is 0 Å². The van der Waals surface area contributed by atoms with E-state index in [4.69, 9.17) is 4.42 Å². The summed E-state index contributed by atoms with van der Waals surface area (Å²) >= 11 is 0. The Morgan fingerprint density at radius 2 is 1.85 bits per heavy atom. The molecular formula is C19H24N2O4S. The SMILES string of the molecule is O=C(NC1CCCCCC1)c1cccc(S(=O)(=O)NCc2ccco2)c1. The highest BCUT2D eigenvalue weighted by Gasteiger charge is 2.19. The largest absolute Gasteiger partial charge is 0.468 e. The molecule has 140 valence electrons. The highest BCUT2D eigenvalue weighted by Crippen LogP contribution is 2.18. The van der Waals surface area contributed by atoms with Crippen molar-refractivity contribution in [2.75, 3.05) is 0 Å². The quantitative estimate of drug-likeness (QED) is 0.758. The zero-order chi connectivity index (χ0) is 18.4. The van der Waals surface area contributed by atoms with Gasteiger partial charge in [0, 0.05) is 11.6 Å². The average Bonchev–Trinajstić information content (AvgIpc) is 3.04. The molecule has 1 saturated carbocycles. The van der Waals surface area contributed by atoms with E-state index < -0.39 is 10.0 Å². The van der Waals surface area contributed by atoms with Crippen LogP contribution in [-0.2, 0) is 16.6 Å². The molecule has 7 heteroatoms. The van der Waals surface area contributed by atoms with Crippen molar-refractivity contribution in [3.8, 4) is 0 Å². The van der Waals surface area contributed by atoms with Crippen molar-refractivity contribution in [3.05, 3.63) is 54.0 Å². The number of hydrogen-bond donors (Lipinski definition) is 2. The molecule has 6 nitrogen and oxygen atoms in total. The third kappa shape index (κ3) is 4.95. The minimum atomic E-state index is -3.72. The lowest BCUT2D eigenvalue weighted by molar-refractivity contribution is 0.0933. The fraction of sp³-hybridized carbons (Fsp3) is 0.421. The van der Waals surface area contributed by atoms with Crippen LogP contribution in [0.2, 0.25) is 0 Å². The van der Waals surface area contributed by atoms with E-state index in [9.17, 15) is 13.2 Å². The highest BCUT2D eigenvalue weighted by atomic mass is 32.2. The molecular weight excluding hydrogens is 352 g/mol. The molecule has 1 aliphatic rings. The summed E-state index contributed by atoms with van der Waals surface area (Å²) in [5, 5.41) is 3.04. The number of hydrogen-bond acceptors (Lipinski definition) is 4. The average molecular weight is 376 g/mol. The van der Waals surface area contributed by atoms with Crippen LogP contribution in [0, 0.1) is 0 Å². The maximum Gasteiger partial charge on any atom is 0.251 e. The first-order valence-electron chi connectivity index (χ1n) is 8.97. The van der Waals surface area contributed by atoms with Gasteiger partial charge in [-0.05, 0) is 43.2 Å². The van der Waals surface area contributed by atoms with Gasteiger partial charge in [-0.1, -0.05) is 31.7 Å². The number of amides is 1. The van der Waals surface area contributed by atoms with Crippen molar-refractivity contribution in [2.24, 2.45) is 0 Å². The van der Waals surface area contributed by atoms with E-state index in [0.29, 0.717) is 11.3 Å². The fourth-order valence-electron chi connectivity index (χ4n) is 3.16. The summed E-state index contributed by atoms with van der Waals surface area (Å²) in [6.45, 7) is 0.0633. The van der Waals surface area contributed by atoms with Crippen molar-refractivity contribution in [2.45, 2.75) is 56.0 Å². The maximum absolute atomic E-state index is 12.5. The van der Waals surface area contributed by atoms with Crippen LogP contribution in [0.15, 0.2) is 52.0 Å².